The second-order valence-electron chi connectivity index (χ2n) is 6.23. The minimum Gasteiger partial charge on any atom is -0.481 e. The molecule has 27 heavy (non-hydrogen) atoms. The van der Waals surface area contributed by atoms with Gasteiger partial charge >= 0.3 is 18.2 Å². The fourth-order valence-electron chi connectivity index (χ4n) is 3.05. The van der Waals surface area contributed by atoms with Gasteiger partial charge in [0.15, 0.2) is 0 Å². The number of likely N-dealkylation sites (tertiary alicyclic amines) is 1. The van der Waals surface area contributed by atoms with Crippen molar-refractivity contribution in [2.45, 2.75) is 13.1 Å². The second kappa shape index (κ2) is 7.18. The Hall–Kier alpha value is -2.62. The van der Waals surface area contributed by atoms with E-state index in [1.807, 2.05) is 12.3 Å². The Labute approximate surface area is 156 Å². The number of benzene rings is 1. The molecule has 0 spiro atoms. The van der Waals surface area contributed by atoms with Gasteiger partial charge in [0.05, 0.1) is 28.2 Å². The molecule has 1 aliphatic rings. The third-order valence-electron chi connectivity index (χ3n) is 4.41. The molecule has 1 aromatic carbocycles. The Morgan fingerprint density at radius 3 is 2.56 bits per heavy atom. The summed E-state index contributed by atoms with van der Waals surface area (Å²) in [7, 11) is 0. The molecule has 6 nitrogen and oxygen atoms in total. The van der Waals surface area contributed by atoms with Crippen molar-refractivity contribution in [3.05, 3.63) is 34.7 Å². The maximum atomic E-state index is 13.1. The maximum Gasteiger partial charge on any atom is 0.394 e. The van der Waals surface area contributed by atoms with E-state index in [9.17, 15) is 22.8 Å². The van der Waals surface area contributed by atoms with Crippen molar-refractivity contribution < 1.29 is 27.9 Å². The van der Waals surface area contributed by atoms with Crippen LogP contribution in [0, 0.1) is 18.8 Å². The van der Waals surface area contributed by atoms with Crippen molar-refractivity contribution >= 4 is 29.0 Å². The maximum absolute atomic E-state index is 13.1. The van der Waals surface area contributed by atoms with E-state index >= 15 is 0 Å². The number of aliphatic carboxylic acids is 1. The lowest BCUT2D eigenvalue weighted by molar-refractivity contribution is -0.187. The third-order valence-corrected chi connectivity index (χ3v) is 5.18. The van der Waals surface area contributed by atoms with Gasteiger partial charge in [0, 0.05) is 24.0 Å². The molecule has 0 aliphatic carbocycles. The molecule has 1 saturated heterocycles. The largest absolute Gasteiger partial charge is 0.481 e. The quantitative estimate of drug-likeness (QED) is 0.822. The molecule has 1 fully saturated rings. The van der Waals surface area contributed by atoms with Crippen molar-refractivity contribution in [1.29, 1.82) is 0 Å². The van der Waals surface area contributed by atoms with Crippen molar-refractivity contribution in [2.75, 3.05) is 18.4 Å². The number of aromatic nitrogens is 1. The molecule has 3 rings (SSSR count). The van der Waals surface area contributed by atoms with Gasteiger partial charge in [0.25, 0.3) is 0 Å². The van der Waals surface area contributed by atoms with E-state index < -0.39 is 43.1 Å². The van der Waals surface area contributed by atoms with Crippen molar-refractivity contribution in [3.8, 4) is 11.3 Å². The Morgan fingerprint density at radius 2 is 2.00 bits per heavy atom. The summed E-state index contributed by atoms with van der Waals surface area (Å²) in [5.41, 5.74) is 1.68. The van der Waals surface area contributed by atoms with Crippen molar-refractivity contribution in [3.63, 3.8) is 0 Å². The van der Waals surface area contributed by atoms with Gasteiger partial charge < -0.3 is 15.3 Å². The molecule has 2 amide bonds. The van der Waals surface area contributed by atoms with Crippen LogP contribution in [0.1, 0.15) is 5.01 Å². The number of urea groups is 1. The van der Waals surface area contributed by atoms with Crippen molar-refractivity contribution in [2.24, 2.45) is 11.8 Å². The first-order valence-electron chi connectivity index (χ1n) is 8.04. The van der Waals surface area contributed by atoms with Crippen LogP contribution < -0.4 is 5.32 Å². The topological polar surface area (TPSA) is 82.5 Å². The van der Waals surface area contributed by atoms with Crippen LogP contribution in [-0.4, -0.2) is 46.3 Å². The molecule has 2 heterocycles. The van der Waals surface area contributed by atoms with E-state index in [4.69, 9.17) is 5.11 Å². The standard InChI is InChI=1S/C17H16F3N3O3S/c1-9-21-14(8-27-9)10-4-2-3-5-13(10)22-16(26)23-6-11(15(24)25)12(7-23)17(18,19)20/h2-5,8,11-12H,6-7H2,1H3,(H,22,26)(H,24,25)/t11-,12-/m1/s1. The van der Waals surface area contributed by atoms with Crippen LogP contribution in [0.15, 0.2) is 29.6 Å². The molecule has 2 aromatic rings. The minimum atomic E-state index is -4.69. The van der Waals surface area contributed by atoms with Crippen molar-refractivity contribution in [1.82, 2.24) is 9.88 Å². The predicted octanol–water partition coefficient (Wildman–Crippen LogP) is 3.85. The number of amides is 2. The lowest BCUT2D eigenvalue weighted by Crippen LogP contribution is -2.35. The molecule has 0 bridgehead atoms. The molecular weight excluding hydrogens is 383 g/mol. The Morgan fingerprint density at radius 1 is 1.30 bits per heavy atom. The number of halogens is 3. The zero-order chi connectivity index (χ0) is 19.8. The molecular formula is C17H16F3N3O3S. The normalized spacial score (nSPS) is 19.9. The number of anilines is 1. The number of para-hydroxylation sites is 1. The number of thiazole rings is 1. The third kappa shape index (κ3) is 4.05. The number of carboxylic acids is 1. The van der Waals surface area contributed by atoms with E-state index in [0.29, 0.717) is 16.9 Å². The summed E-state index contributed by atoms with van der Waals surface area (Å²) in [5, 5.41) is 14.3. The van der Waals surface area contributed by atoms with Gasteiger partial charge in [0.2, 0.25) is 0 Å². The summed E-state index contributed by atoms with van der Waals surface area (Å²) < 4.78 is 39.3. The van der Waals surface area contributed by atoms with Gasteiger partial charge in [-0.25, -0.2) is 9.78 Å². The van der Waals surface area contributed by atoms with E-state index in [0.717, 1.165) is 9.91 Å². The van der Waals surface area contributed by atoms with Gasteiger partial charge in [-0.15, -0.1) is 11.3 Å². The minimum absolute atomic E-state index is 0.398. The average molecular weight is 399 g/mol. The van der Waals surface area contributed by atoms with Crippen LogP contribution in [0.25, 0.3) is 11.3 Å². The number of nitrogens with one attached hydrogen (secondary N) is 1. The van der Waals surface area contributed by atoms with Gasteiger partial charge in [-0.2, -0.15) is 13.2 Å². The monoisotopic (exact) mass is 399 g/mol. The van der Waals surface area contributed by atoms with E-state index in [-0.39, 0.29) is 0 Å². The van der Waals surface area contributed by atoms with Crippen LogP contribution in [0.5, 0.6) is 0 Å². The summed E-state index contributed by atoms with van der Waals surface area (Å²) >= 11 is 1.43. The molecule has 2 atom stereocenters. The Balaban J connectivity index is 1.80. The lowest BCUT2D eigenvalue weighted by Gasteiger charge is -2.19. The highest BCUT2D eigenvalue weighted by Crippen LogP contribution is 2.38. The molecule has 144 valence electrons. The Kier molecular flexibility index (Phi) is 5.09. The molecule has 2 N–H and O–H groups in total. The lowest BCUT2D eigenvalue weighted by atomic mass is 9.96. The van der Waals surface area contributed by atoms with Gasteiger partial charge in [-0.05, 0) is 13.0 Å². The number of hydrogen-bond acceptors (Lipinski definition) is 4. The number of aryl methyl sites for hydroxylation is 1. The smallest absolute Gasteiger partial charge is 0.394 e. The predicted molar refractivity (Wildman–Crippen MR) is 93.5 cm³/mol. The number of carboxylic acid groups (broad SMARTS) is 1. The summed E-state index contributed by atoms with van der Waals surface area (Å²) in [6, 6.07) is 6.03. The molecule has 0 saturated carbocycles. The van der Waals surface area contributed by atoms with Gasteiger partial charge in [-0.1, -0.05) is 18.2 Å². The zero-order valence-electron chi connectivity index (χ0n) is 14.2. The van der Waals surface area contributed by atoms with E-state index in [1.165, 1.54) is 11.3 Å². The van der Waals surface area contributed by atoms with Crippen LogP contribution in [0.4, 0.5) is 23.7 Å². The first-order valence-corrected chi connectivity index (χ1v) is 8.91. The summed E-state index contributed by atoms with van der Waals surface area (Å²) in [5.74, 6) is -5.32. The SMILES string of the molecule is Cc1nc(-c2ccccc2NC(=O)N2C[C@@H](C(F)(F)F)[C@H](C(=O)O)C2)cs1. The van der Waals surface area contributed by atoms with Crippen LogP contribution in [-0.2, 0) is 4.79 Å². The fourth-order valence-corrected chi connectivity index (χ4v) is 3.66. The summed E-state index contributed by atoms with van der Waals surface area (Å²) in [4.78, 5) is 28.9. The number of carbonyl (C=O) groups excluding carboxylic acids is 1. The van der Waals surface area contributed by atoms with E-state index in [2.05, 4.69) is 10.3 Å². The van der Waals surface area contributed by atoms with Crippen LogP contribution in [0.3, 0.4) is 0 Å². The fraction of sp³-hybridized carbons (Fsp3) is 0.353. The zero-order valence-corrected chi connectivity index (χ0v) is 15.0. The van der Waals surface area contributed by atoms with Gasteiger partial charge in [0.1, 0.15) is 0 Å². The Bertz CT molecular complexity index is 868. The number of rotatable bonds is 3. The van der Waals surface area contributed by atoms with Crippen LogP contribution >= 0.6 is 11.3 Å². The average Bonchev–Trinajstić information content (AvgIpc) is 3.21. The summed E-state index contributed by atoms with van der Waals surface area (Å²) in [6.45, 7) is 0.649. The second-order valence-corrected chi connectivity index (χ2v) is 7.29. The van der Waals surface area contributed by atoms with Gasteiger partial charge in [-0.3, -0.25) is 4.79 Å². The first-order chi connectivity index (χ1) is 12.7. The molecule has 0 radical (unpaired) electrons. The molecule has 10 heteroatoms. The van der Waals surface area contributed by atoms with E-state index in [1.54, 1.807) is 24.3 Å². The highest BCUT2D eigenvalue weighted by molar-refractivity contribution is 7.09. The number of alkyl halides is 3. The molecule has 1 aromatic heterocycles. The number of hydrogen-bond donors (Lipinski definition) is 2. The number of carbonyl (C=O) groups is 2. The first kappa shape index (κ1) is 19.2. The van der Waals surface area contributed by atoms with Crippen LogP contribution in [0.2, 0.25) is 0 Å². The molecule has 0 unspecified atom stereocenters. The molecule has 1 aliphatic heterocycles. The highest BCUT2D eigenvalue weighted by Gasteiger charge is 2.53. The highest BCUT2D eigenvalue weighted by atomic mass is 32.1. The summed E-state index contributed by atoms with van der Waals surface area (Å²) in [6.07, 6.45) is -4.69. The number of nitrogens with zero attached hydrogens (tertiary/aromatic N) is 2.